The Morgan fingerprint density at radius 3 is 2.56 bits per heavy atom. The molecule has 0 aliphatic carbocycles. The summed E-state index contributed by atoms with van der Waals surface area (Å²) in [7, 11) is -3.92. The van der Waals surface area contributed by atoms with Crippen LogP contribution in [0.25, 0.3) is 0 Å². The van der Waals surface area contributed by atoms with E-state index < -0.39 is 10.0 Å². The fourth-order valence-corrected chi connectivity index (χ4v) is 3.95. The topological polar surface area (TPSA) is 85.5 Å². The van der Waals surface area contributed by atoms with E-state index in [9.17, 15) is 8.42 Å². The van der Waals surface area contributed by atoms with Crippen molar-refractivity contribution < 1.29 is 17.7 Å². The van der Waals surface area contributed by atoms with E-state index in [1.807, 2.05) is 12.1 Å². The number of ether oxygens (including phenoxy) is 1. The standard InChI is InChI=1S/C17H15BrClN3O4S/c1-12-10-17(21-26-12)22(8-9-25-14-4-2-13(18)3-5-14)27(23,24)15-6-7-16(19)20-11-15/h2-7,10-11H,8-9H2,1H3. The van der Waals surface area contributed by atoms with Crippen LogP contribution in [0.3, 0.4) is 0 Å². The van der Waals surface area contributed by atoms with Crippen LogP contribution in [0.5, 0.6) is 5.75 Å². The normalized spacial score (nSPS) is 11.4. The summed E-state index contributed by atoms with van der Waals surface area (Å²) in [5.41, 5.74) is 0. The molecular formula is C17H15BrClN3O4S. The van der Waals surface area contributed by atoms with Crippen molar-refractivity contribution in [2.24, 2.45) is 0 Å². The molecule has 2 heterocycles. The van der Waals surface area contributed by atoms with Crippen LogP contribution in [0.4, 0.5) is 5.82 Å². The van der Waals surface area contributed by atoms with Gasteiger partial charge in [-0.2, -0.15) is 0 Å². The van der Waals surface area contributed by atoms with Crippen molar-refractivity contribution >= 4 is 43.4 Å². The van der Waals surface area contributed by atoms with Crippen molar-refractivity contribution in [1.82, 2.24) is 10.1 Å². The smallest absolute Gasteiger partial charge is 0.267 e. The molecule has 0 amide bonds. The molecule has 2 aromatic heterocycles. The zero-order valence-electron chi connectivity index (χ0n) is 14.2. The SMILES string of the molecule is Cc1cc(N(CCOc2ccc(Br)cc2)S(=O)(=O)c2ccc(Cl)nc2)no1. The molecule has 0 saturated carbocycles. The number of pyridine rings is 1. The summed E-state index contributed by atoms with van der Waals surface area (Å²) in [5, 5.41) is 4.03. The number of anilines is 1. The van der Waals surface area contributed by atoms with Crippen molar-refractivity contribution in [2.75, 3.05) is 17.5 Å². The first-order chi connectivity index (χ1) is 12.9. The van der Waals surface area contributed by atoms with E-state index in [1.54, 1.807) is 25.1 Å². The Labute approximate surface area is 170 Å². The Morgan fingerprint density at radius 2 is 1.96 bits per heavy atom. The second-order valence-electron chi connectivity index (χ2n) is 5.49. The Bertz CT molecular complexity index is 1010. The number of sulfonamides is 1. The minimum absolute atomic E-state index is 0.00352. The third-order valence-electron chi connectivity index (χ3n) is 3.54. The average molecular weight is 473 g/mol. The quantitative estimate of drug-likeness (QED) is 0.482. The van der Waals surface area contributed by atoms with Crippen molar-refractivity contribution in [2.45, 2.75) is 11.8 Å². The molecule has 27 heavy (non-hydrogen) atoms. The molecule has 0 bridgehead atoms. The van der Waals surface area contributed by atoms with Crippen LogP contribution in [0.15, 0.2) is 62.6 Å². The van der Waals surface area contributed by atoms with Crippen molar-refractivity contribution in [1.29, 1.82) is 0 Å². The monoisotopic (exact) mass is 471 g/mol. The molecule has 0 radical (unpaired) electrons. The summed E-state index contributed by atoms with van der Waals surface area (Å²) in [5.74, 6) is 1.29. The van der Waals surface area contributed by atoms with Gasteiger partial charge in [-0.1, -0.05) is 32.7 Å². The lowest BCUT2D eigenvalue weighted by atomic mass is 10.3. The highest BCUT2D eigenvalue weighted by atomic mass is 79.9. The summed E-state index contributed by atoms with van der Waals surface area (Å²) >= 11 is 9.10. The van der Waals surface area contributed by atoms with Gasteiger partial charge >= 0.3 is 0 Å². The zero-order valence-corrected chi connectivity index (χ0v) is 17.3. The third kappa shape index (κ3) is 4.79. The van der Waals surface area contributed by atoms with Crippen LogP contribution >= 0.6 is 27.5 Å². The first-order valence-electron chi connectivity index (χ1n) is 7.82. The van der Waals surface area contributed by atoms with E-state index in [2.05, 4.69) is 26.1 Å². The fraction of sp³-hybridized carbons (Fsp3) is 0.176. The van der Waals surface area contributed by atoms with E-state index >= 15 is 0 Å². The molecule has 142 valence electrons. The van der Waals surface area contributed by atoms with Gasteiger partial charge in [0.1, 0.15) is 28.2 Å². The van der Waals surface area contributed by atoms with Gasteiger partial charge in [0.25, 0.3) is 10.0 Å². The Morgan fingerprint density at radius 1 is 1.22 bits per heavy atom. The average Bonchev–Trinajstić information content (AvgIpc) is 3.06. The van der Waals surface area contributed by atoms with Gasteiger partial charge in [0.15, 0.2) is 5.82 Å². The van der Waals surface area contributed by atoms with Gasteiger partial charge in [0.2, 0.25) is 0 Å². The molecule has 0 aliphatic rings. The lowest BCUT2D eigenvalue weighted by Crippen LogP contribution is -2.35. The summed E-state index contributed by atoms with van der Waals surface area (Å²) in [4.78, 5) is 3.84. The molecule has 3 rings (SSSR count). The Hall–Kier alpha value is -2.10. The predicted molar refractivity (Wildman–Crippen MR) is 105 cm³/mol. The largest absolute Gasteiger partial charge is 0.492 e. The minimum Gasteiger partial charge on any atom is -0.492 e. The highest BCUT2D eigenvalue weighted by Gasteiger charge is 2.27. The number of hydrogen-bond acceptors (Lipinski definition) is 6. The summed E-state index contributed by atoms with van der Waals surface area (Å²) < 4.78 is 38.8. The first kappa shape index (κ1) is 19.7. The molecule has 7 nitrogen and oxygen atoms in total. The van der Waals surface area contributed by atoms with Crippen LogP contribution in [0, 0.1) is 6.92 Å². The maximum Gasteiger partial charge on any atom is 0.267 e. The highest BCUT2D eigenvalue weighted by molar-refractivity contribution is 9.10. The molecular weight excluding hydrogens is 458 g/mol. The lowest BCUT2D eigenvalue weighted by Gasteiger charge is -2.21. The number of aromatic nitrogens is 2. The molecule has 0 unspecified atom stereocenters. The van der Waals surface area contributed by atoms with Crippen LogP contribution in [-0.4, -0.2) is 31.7 Å². The van der Waals surface area contributed by atoms with E-state index in [4.69, 9.17) is 20.9 Å². The molecule has 3 aromatic rings. The van der Waals surface area contributed by atoms with Gasteiger partial charge in [0.05, 0.1) is 6.54 Å². The number of rotatable bonds is 7. The lowest BCUT2D eigenvalue weighted by molar-refractivity contribution is 0.327. The predicted octanol–water partition coefficient (Wildman–Crippen LogP) is 4.07. The van der Waals surface area contributed by atoms with Gasteiger partial charge in [-0.15, -0.1) is 0 Å². The zero-order chi connectivity index (χ0) is 19.4. The van der Waals surface area contributed by atoms with Crippen LogP contribution in [0.1, 0.15) is 5.76 Å². The molecule has 0 atom stereocenters. The molecule has 0 fully saturated rings. The van der Waals surface area contributed by atoms with Crippen molar-refractivity contribution in [3.8, 4) is 5.75 Å². The maximum atomic E-state index is 13.0. The molecule has 0 spiro atoms. The number of aryl methyl sites for hydroxylation is 1. The van der Waals surface area contributed by atoms with Crippen LogP contribution < -0.4 is 9.04 Å². The second kappa shape index (κ2) is 8.28. The van der Waals surface area contributed by atoms with Crippen LogP contribution in [0.2, 0.25) is 5.15 Å². The highest BCUT2D eigenvalue weighted by Crippen LogP contribution is 2.24. The Balaban J connectivity index is 1.82. The van der Waals surface area contributed by atoms with Crippen LogP contribution in [-0.2, 0) is 10.0 Å². The fourth-order valence-electron chi connectivity index (χ4n) is 2.25. The van der Waals surface area contributed by atoms with Gasteiger partial charge in [-0.25, -0.2) is 17.7 Å². The summed E-state index contributed by atoms with van der Waals surface area (Å²) in [6.45, 7) is 1.84. The molecule has 1 aromatic carbocycles. The van der Waals surface area contributed by atoms with Gasteiger partial charge < -0.3 is 9.26 Å². The second-order valence-corrected chi connectivity index (χ2v) is 8.66. The van der Waals surface area contributed by atoms with E-state index in [1.165, 1.54) is 18.3 Å². The van der Waals surface area contributed by atoms with Crippen molar-refractivity contribution in [3.05, 3.63) is 64.0 Å². The summed E-state index contributed by atoms with van der Waals surface area (Å²) in [6, 6.07) is 11.6. The third-order valence-corrected chi connectivity index (χ3v) is 6.08. The van der Waals surface area contributed by atoms with E-state index in [0.717, 1.165) is 8.78 Å². The molecule has 10 heteroatoms. The van der Waals surface area contributed by atoms with Gasteiger partial charge in [-0.3, -0.25) is 0 Å². The number of nitrogens with zero attached hydrogens (tertiary/aromatic N) is 3. The first-order valence-corrected chi connectivity index (χ1v) is 10.4. The molecule has 0 N–H and O–H groups in total. The summed E-state index contributed by atoms with van der Waals surface area (Å²) in [6.07, 6.45) is 1.20. The molecule has 0 saturated heterocycles. The van der Waals surface area contributed by atoms with Gasteiger partial charge in [0, 0.05) is 16.7 Å². The van der Waals surface area contributed by atoms with E-state index in [-0.39, 0.29) is 29.0 Å². The number of hydrogen-bond donors (Lipinski definition) is 0. The number of benzene rings is 1. The van der Waals surface area contributed by atoms with Crippen molar-refractivity contribution in [3.63, 3.8) is 0 Å². The number of halogens is 2. The minimum atomic E-state index is -3.92. The van der Waals surface area contributed by atoms with E-state index in [0.29, 0.717) is 11.5 Å². The maximum absolute atomic E-state index is 13.0. The van der Waals surface area contributed by atoms with Gasteiger partial charge in [-0.05, 0) is 43.3 Å². The Kier molecular flexibility index (Phi) is 6.03. The molecule has 0 aliphatic heterocycles.